The van der Waals surface area contributed by atoms with Gasteiger partial charge in [0.05, 0.1) is 5.56 Å². The number of hydrogen-bond acceptors (Lipinski definition) is 4. The molecule has 4 nitrogen and oxygen atoms in total. The van der Waals surface area contributed by atoms with Crippen LogP contribution in [0.25, 0.3) is 11.5 Å². The lowest BCUT2D eigenvalue weighted by Crippen LogP contribution is -2.10. The average Bonchev–Trinajstić information content (AvgIpc) is 2.64. The zero-order valence-electron chi connectivity index (χ0n) is 9.19. The Morgan fingerprint density at radius 3 is 2.82 bits per heavy atom. The van der Waals surface area contributed by atoms with Crippen LogP contribution in [0.3, 0.4) is 0 Å². The molecule has 0 bridgehead atoms. The highest BCUT2D eigenvalue weighted by Gasteiger charge is 2.25. The van der Waals surface area contributed by atoms with Crippen molar-refractivity contribution in [2.24, 2.45) is 0 Å². The molecule has 1 heterocycles. The molecular weight excluding hydrogens is 221 g/mol. The van der Waals surface area contributed by atoms with Crippen LogP contribution in [0.1, 0.15) is 31.0 Å². The molecule has 1 saturated carbocycles. The van der Waals surface area contributed by atoms with Gasteiger partial charge in [-0.1, -0.05) is 11.6 Å². The third-order valence-electron chi connectivity index (χ3n) is 3.14. The minimum atomic E-state index is -0.436. The Labute approximate surface area is 97.6 Å². The van der Waals surface area contributed by atoms with Gasteiger partial charge in [0.15, 0.2) is 5.82 Å². The third kappa shape index (κ3) is 1.77. The Hall–Kier alpha value is -1.91. The van der Waals surface area contributed by atoms with Crippen LogP contribution in [0.2, 0.25) is 0 Å². The lowest BCUT2D eigenvalue weighted by Gasteiger charge is -2.20. The summed E-state index contributed by atoms with van der Waals surface area (Å²) in [5.41, 5.74) is 6.17. The maximum Gasteiger partial charge on any atom is 0.260 e. The fourth-order valence-electron chi connectivity index (χ4n) is 1.88. The van der Waals surface area contributed by atoms with Crippen molar-refractivity contribution in [1.29, 1.82) is 0 Å². The predicted octanol–water partition coefficient (Wildman–Crippen LogP) is 2.73. The Kier molecular flexibility index (Phi) is 2.31. The summed E-state index contributed by atoms with van der Waals surface area (Å²) in [6, 6.07) is 4.43. The van der Waals surface area contributed by atoms with Crippen molar-refractivity contribution in [2.75, 3.05) is 5.73 Å². The van der Waals surface area contributed by atoms with E-state index in [9.17, 15) is 4.39 Å². The monoisotopic (exact) mass is 233 g/mol. The maximum absolute atomic E-state index is 13.6. The second kappa shape index (κ2) is 3.84. The zero-order valence-corrected chi connectivity index (χ0v) is 9.19. The van der Waals surface area contributed by atoms with E-state index in [1.807, 2.05) is 0 Å². The SMILES string of the molecule is Nc1ccc(-c2nc(C3CCC3)no2)c(F)c1. The van der Waals surface area contributed by atoms with Gasteiger partial charge in [-0.05, 0) is 31.0 Å². The molecule has 0 spiro atoms. The molecule has 0 saturated heterocycles. The summed E-state index contributed by atoms with van der Waals surface area (Å²) in [7, 11) is 0. The summed E-state index contributed by atoms with van der Waals surface area (Å²) >= 11 is 0. The standard InChI is InChI=1S/C12H12FN3O/c13-10-6-8(14)4-5-9(10)12-15-11(16-17-12)7-2-1-3-7/h4-7H,1-3,14H2. The molecule has 0 atom stereocenters. The Balaban J connectivity index is 1.94. The summed E-state index contributed by atoms with van der Waals surface area (Å²) in [6.07, 6.45) is 3.37. The number of halogens is 1. The van der Waals surface area contributed by atoms with Gasteiger partial charge in [0.25, 0.3) is 5.89 Å². The smallest absolute Gasteiger partial charge is 0.260 e. The molecule has 3 rings (SSSR count). The van der Waals surface area contributed by atoms with Gasteiger partial charge in [-0.25, -0.2) is 4.39 Å². The van der Waals surface area contributed by atoms with Crippen molar-refractivity contribution in [3.63, 3.8) is 0 Å². The molecule has 17 heavy (non-hydrogen) atoms. The number of nitrogen functional groups attached to an aromatic ring is 1. The van der Waals surface area contributed by atoms with Crippen molar-refractivity contribution in [1.82, 2.24) is 10.1 Å². The summed E-state index contributed by atoms with van der Waals surface area (Å²) < 4.78 is 18.7. The number of benzene rings is 1. The summed E-state index contributed by atoms with van der Waals surface area (Å²) in [4.78, 5) is 4.23. The average molecular weight is 233 g/mol. The minimum Gasteiger partial charge on any atom is -0.399 e. The number of nitrogens with two attached hydrogens (primary N) is 1. The zero-order chi connectivity index (χ0) is 11.8. The van der Waals surface area contributed by atoms with E-state index in [0.29, 0.717) is 23.0 Å². The van der Waals surface area contributed by atoms with Gasteiger partial charge in [-0.2, -0.15) is 4.98 Å². The lowest BCUT2D eigenvalue weighted by atomic mass is 9.85. The minimum absolute atomic E-state index is 0.226. The van der Waals surface area contributed by atoms with E-state index >= 15 is 0 Å². The normalized spacial score (nSPS) is 15.8. The van der Waals surface area contributed by atoms with E-state index in [1.165, 1.54) is 12.5 Å². The third-order valence-corrected chi connectivity index (χ3v) is 3.14. The first-order valence-electron chi connectivity index (χ1n) is 5.63. The summed E-state index contributed by atoms with van der Waals surface area (Å²) in [5, 5.41) is 3.89. The van der Waals surface area contributed by atoms with Crippen LogP contribution in [0, 0.1) is 5.82 Å². The van der Waals surface area contributed by atoms with Crippen LogP contribution in [0.4, 0.5) is 10.1 Å². The molecule has 0 unspecified atom stereocenters. The van der Waals surface area contributed by atoms with Crippen molar-refractivity contribution in [3.05, 3.63) is 29.8 Å². The number of hydrogen-bond donors (Lipinski definition) is 1. The molecule has 1 fully saturated rings. The Morgan fingerprint density at radius 1 is 1.35 bits per heavy atom. The largest absolute Gasteiger partial charge is 0.399 e. The fraction of sp³-hybridized carbons (Fsp3) is 0.333. The number of rotatable bonds is 2. The van der Waals surface area contributed by atoms with Gasteiger partial charge in [0, 0.05) is 11.6 Å². The van der Waals surface area contributed by atoms with Crippen LogP contribution in [0.5, 0.6) is 0 Å². The first kappa shape index (κ1) is 10.3. The number of aromatic nitrogens is 2. The van der Waals surface area contributed by atoms with Gasteiger partial charge in [-0.3, -0.25) is 0 Å². The van der Waals surface area contributed by atoms with Gasteiger partial charge in [-0.15, -0.1) is 0 Å². The van der Waals surface area contributed by atoms with Crippen LogP contribution in [-0.4, -0.2) is 10.1 Å². The molecule has 1 aliphatic rings. The molecule has 5 heteroatoms. The molecule has 0 amide bonds. The fourth-order valence-corrected chi connectivity index (χ4v) is 1.88. The molecule has 0 radical (unpaired) electrons. The van der Waals surface area contributed by atoms with Gasteiger partial charge < -0.3 is 10.3 Å². The Bertz CT molecular complexity index is 548. The molecular formula is C12H12FN3O. The Morgan fingerprint density at radius 2 is 2.18 bits per heavy atom. The van der Waals surface area contributed by atoms with Crippen molar-refractivity contribution in [3.8, 4) is 11.5 Å². The van der Waals surface area contributed by atoms with Gasteiger partial charge in [0.1, 0.15) is 5.82 Å². The molecule has 1 aromatic carbocycles. The van der Waals surface area contributed by atoms with Gasteiger partial charge in [0.2, 0.25) is 0 Å². The first-order valence-corrected chi connectivity index (χ1v) is 5.63. The van der Waals surface area contributed by atoms with Gasteiger partial charge >= 0.3 is 0 Å². The highest BCUT2D eigenvalue weighted by molar-refractivity contribution is 5.58. The molecule has 88 valence electrons. The predicted molar refractivity (Wildman–Crippen MR) is 60.7 cm³/mol. The van der Waals surface area contributed by atoms with Crippen LogP contribution in [-0.2, 0) is 0 Å². The summed E-state index contributed by atoms with van der Waals surface area (Å²) in [5.74, 6) is 0.852. The second-order valence-corrected chi connectivity index (χ2v) is 4.32. The summed E-state index contributed by atoms with van der Waals surface area (Å²) in [6.45, 7) is 0. The van der Waals surface area contributed by atoms with Crippen LogP contribution >= 0.6 is 0 Å². The quantitative estimate of drug-likeness (QED) is 0.810. The van der Waals surface area contributed by atoms with E-state index in [1.54, 1.807) is 12.1 Å². The molecule has 1 aliphatic carbocycles. The first-order chi connectivity index (χ1) is 8.24. The molecule has 2 N–H and O–H groups in total. The number of anilines is 1. The van der Waals surface area contributed by atoms with E-state index in [2.05, 4.69) is 10.1 Å². The molecule has 0 aliphatic heterocycles. The topological polar surface area (TPSA) is 64.9 Å². The van der Waals surface area contributed by atoms with E-state index in [-0.39, 0.29) is 5.89 Å². The van der Waals surface area contributed by atoms with Crippen molar-refractivity contribution >= 4 is 5.69 Å². The van der Waals surface area contributed by atoms with Crippen LogP contribution in [0.15, 0.2) is 22.7 Å². The van der Waals surface area contributed by atoms with E-state index in [4.69, 9.17) is 10.3 Å². The number of nitrogens with zero attached hydrogens (tertiary/aromatic N) is 2. The van der Waals surface area contributed by atoms with Crippen molar-refractivity contribution < 1.29 is 8.91 Å². The second-order valence-electron chi connectivity index (χ2n) is 4.32. The molecule has 1 aromatic heterocycles. The molecule has 2 aromatic rings. The maximum atomic E-state index is 13.6. The van der Waals surface area contributed by atoms with E-state index < -0.39 is 5.82 Å². The van der Waals surface area contributed by atoms with Crippen LogP contribution < -0.4 is 5.73 Å². The van der Waals surface area contributed by atoms with Crippen molar-refractivity contribution in [2.45, 2.75) is 25.2 Å². The highest BCUT2D eigenvalue weighted by Crippen LogP contribution is 2.35. The highest BCUT2D eigenvalue weighted by atomic mass is 19.1. The lowest BCUT2D eigenvalue weighted by molar-refractivity contribution is 0.365. The van der Waals surface area contributed by atoms with E-state index in [0.717, 1.165) is 12.8 Å².